The molecule has 1 aliphatic carbocycles. The smallest absolute Gasteiger partial charge is 0.264 e. The first kappa shape index (κ1) is 14.6. The fourth-order valence-corrected chi connectivity index (χ4v) is 2.71. The maximum Gasteiger partial charge on any atom is 0.264 e. The van der Waals surface area contributed by atoms with E-state index in [2.05, 4.69) is 0 Å². The van der Waals surface area contributed by atoms with Gasteiger partial charge in [0, 0.05) is 18.7 Å². The summed E-state index contributed by atoms with van der Waals surface area (Å²) in [5.74, 6) is 0.794. The highest BCUT2D eigenvalue weighted by Gasteiger charge is 2.22. The standard InChI is InChI=1S/C16H15FINO2/c1-19-15(7-6-14(18)16(19)20)12-5-4-11(8-13(12)17)21-9-10-2-3-10/h4-8,10H,2-3,9H2,1H3. The van der Waals surface area contributed by atoms with Crippen LogP contribution in [-0.4, -0.2) is 11.2 Å². The van der Waals surface area contributed by atoms with Gasteiger partial charge in [-0.25, -0.2) is 4.39 Å². The van der Waals surface area contributed by atoms with Gasteiger partial charge < -0.3 is 9.30 Å². The van der Waals surface area contributed by atoms with Crippen molar-refractivity contribution in [3.63, 3.8) is 0 Å². The molecule has 0 unspecified atom stereocenters. The fourth-order valence-electron chi connectivity index (χ4n) is 2.17. The summed E-state index contributed by atoms with van der Waals surface area (Å²) in [5, 5.41) is 0. The van der Waals surface area contributed by atoms with Gasteiger partial charge >= 0.3 is 0 Å². The van der Waals surface area contributed by atoms with Gasteiger partial charge in [-0.05, 0) is 65.6 Å². The summed E-state index contributed by atoms with van der Waals surface area (Å²) in [6, 6.07) is 8.27. The molecule has 1 saturated carbocycles. The number of rotatable bonds is 4. The van der Waals surface area contributed by atoms with Crippen LogP contribution in [0.2, 0.25) is 0 Å². The maximum atomic E-state index is 14.3. The number of nitrogens with zero attached hydrogens (tertiary/aromatic N) is 1. The molecule has 0 saturated heterocycles. The summed E-state index contributed by atoms with van der Waals surface area (Å²) in [6.07, 6.45) is 2.40. The van der Waals surface area contributed by atoms with E-state index in [1.54, 1.807) is 31.3 Å². The lowest BCUT2D eigenvalue weighted by Crippen LogP contribution is -2.20. The van der Waals surface area contributed by atoms with Crippen molar-refractivity contribution in [1.82, 2.24) is 4.57 Å². The molecule has 1 fully saturated rings. The Kier molecular flexibility index (Phi) is 4.01. The van der Waals surface area contributed by atoms with Gasteiger partial charge in [0.2, 0.25) is 0 Å². The molecule has 0 radical (unpaired) electrons. The first-order chi connectivity index (χ1) is 10.1. The van der Waals surface area contributed by atoms with Crippen molar-refractivity contribution < 1.29 is 9.13 Å². The minimum Gasteiger partial charge on any atom is -0.493 e. The van der Waals surface area contributed by atoms with Crippen molar-refractivity contribution in [3.05, 3.63) is 50.1 Å². The average Bonchev–Trinajstić information content (AvgIpc) is 3.28. The highest BCUT2D eigenvalue weighted by Crippen LogP contribution is 2.31. The number of hydrogen-bond acceptors (Lipinski definition) is 2. The van der Waals surface area contributed by atoms with E-state index in [9.17, 15) is 9.18 Å². The summed E-state index contributed by atoms with van der Waals surface area (Å²) >= 11 is 1.98. The second-order valence-corrected chi connectivity index (χ2v) is 6.49. The van der Waals surface area contributed by atoms with Crippen molar-refractivity contribution in [2.45, 2.75) is 12.8 Å². The van der Waals surface area contributed by atoms with Crippen LogP contribution in [0.1, 0.15) is 12.8 Å². The molecule has 0 spiro atoms. The molecule has 2 aromatic rings. The largest absolute Gasteiger partial charge is 0.493 e. The van der Waals surface area contributed by atoms with Crippen molar-refractivity contribution in [2.75, 3.05) is 6.61 Å². The van der Waals surface area contributed by atoms with Gasteiger partial charge in [-0.1, -0.05) is 0 Å². The van der Waals surface area contributed by atoms with E-state index in [1.807, 2.05) is 22.6 Å². The first-order valence-electron chi connectivity index (χ1n) is 6.84. The molecule has 1 aliphatic rings. The van der Waals surface area contributed by atoms with E-state index < -0.39 is 0 Å². The van der Waals surface area contributed by atoms with Crippen LogP contribution in [0.25, 0.3) is 11.3 Å². The molecule has 0 bridgehead atoms. The molecular weight excluding hydrogens is 384 g/mol. The quantitative estimate of drug-likeness (QED) is 0.737. The van der Waals surface area contributed by atoms with Gasteiger partial charge in [0.25, 0.3) is 5.56 Å². The molecule has 1 aromatic heterocycles. The molecule has 0 atom stereocenters. The predicted octanol–water partition coefficient (Wildman–Crippen LogP) is 3.58. The van der Waals surface area contributed by atoms with Crippen LogP contribution in [-0.2, 0) is 7.05 Å². The minimum atomic E-state index is -0.375. The highest BCUT2D eigenvalue weighted by atomic mass is 127. The Balaban J connectivity index is 1.91. The monoisotopic (exact) mass is 399 g/mol. The van der Waals surface area contributed by atoms with Crippen LogP contribution in [0.3, 0.4) is 0 Å². The lowest BCUT2D eigenvalue weighted by atomic mass is 10.1. The van der Waals surface area contributed by atoms with E-state index in [4.69, 9.17) is 4.74 Å². The number of ether oxygens (including phenoxy) is 1. The summed E-state index contributed by atoms with van der Waals surface area (Å²) < 4.78 is 21.9. The summed E-state index contributed by atoms with van der Waals surface area (Å²) in [5.41, 5.74) is 0.845. The van der Waals surface area contributed by atoms with Gasteiger partial charge in [0.1, 0.15) is 11.6 Å². The van der Waals surface area contributed by atoms with E-state index in [0.29, 0.717) is 33.1 Å². The maximum absolute atomic E-state index is 14.3. The molecule has 3 rings (SSSR count). The Labute approximate surface area is 135 Å². The van der Waals surface area contributed by atoms with Gasteiger partial charge in [-0.15, -0.1) is 0 Å². The Hall–Kier alpha value is -1.37. The number of aromatic nitrogens is 1. The number of pyridine rings is 1. The molecule has 0 amide bonds. The zero-order valence-electron chi connectivity index (χ0n) is 11.6. The second kappa shape index (κ2) is 5.79. The van der Waals surface area contributed by atoms with E-state index in [1.165, 1.54) is 23.5 Å². The molecule has 0 N–H and O–H groups in total. The third-order valence-corrected chi connectivity index (χ3v) is 4.48. The molecule has 21 heavy (non-hydrogen) atoms. The molecule has 1 aromatic carbocycles. The van der Waals surface area contributed by atoms with Gasteiger partial charge in [-0.3, -0.25) is 4.79 Å². The Morgan fingerprint density at radius 3 is 2.76 bits per heavy atom. The number of benzene rings is 1. The lowest BCUT2D eigenvalue weighted by molar-refractivity contribution is 0.298. The van der Waals surface area contributed by atoms with Crippen molar-refractivity contribution in [3.8, 4) is 17.0 Å². The third kappa shape index (κ3) is 3.12. The third-order valence-electron chi connectivity index (χ3n) is 3.66. The molecule has 110 valence electrons. The number of hydrogen-bond donors (Lipinski definition) is 0. The van der Waals surface area contributed by atoms with Crippen molar-refractivity contribution in [1.29, 1.82) is 0 Å². The van der Waals surface area contributed by atoms with Crippen molar-refractivity contribution >= 4 is 22.6 Å². The van der Waals surface area contributed by atoms with Crippen LogP contribution in [0.5, 0.6) is 5.75 Å². The van der Waals surface area contributed by atoms with Crippen molar-refractivity contribution in [2.24, 2.45) is 13.0 Å². The predicted molar refractivity (Wildman–Crippen MR) is 88.0 cm³/mol. The van der Waals surface area contributed by atoms with Gasteiger partial charge in [-0.2, -0.15) is 0 Å². The summed E-state index contributed by atoms with van der Waals surface area (Å²) in [7, 11) is 1.65. The highest BCUT2D eigenvalue weighted by molar-refractivity contribution is 14.1. The van der Waals surface area contributed by atoms with Crippen LogP contribution >= 0.6 is 22.6 Å². The molecule has 0 aliphatic heterocycles. The van der Waals surface area contributed by atoms with Crippen LogP contribution < -0.4 is 10.3 Å². The Morgan fingerprint density at radius 1 is 1.33 bits per heavy atom. The van der Waals surface area contributed by atoms with E-state index >= 15 is 0 Å². The molecule has 1 heterocycles. The minimum absolute atomic E-state index is 0.124. The summed E-state index contributed by atoms with van der Waals surface area (Å²) in [4.78, 5) is 11.9. The second-order valence-electron chi connectivity index (χ2n) is 5.33. The van der Waals surface area contributed by atoms with Crippen LogP contribution in [0.15, 0.2) is 35.1 Å². The van der Waals surface area contributed by atoms with Gasteiger partial charge in [0.05, 0.1) is 15.9 Å². The first-order valence-corrected chi connectivity index (χ1v) is 7.92. The number of halogens is 2. The Morgan fingerprint density at radius 2 is 2.10 bits per heavy atom. The zero-order chi connectivity index (χ0) is 15.0. The van der Waals surface area contributed by atoms with E-state index in [0.717, 1.165) is 0 Å². The van der Waals surface area contributed by atoms with Crippen LogP contribution in [0.4, 0.5) is 4.39 Å². The SMILES string of the molecule is Cn1c(-c2ccc(OCC3CC3)cc2F)ccc(I)c1=O. The van der Waals surface area contributed by atoms with Gasteiger partial charge in [0.15, 0.2) is 0 Å². The summed E-state index contributed by atoms with van der Waals surface area (Å²) in [6.45, 7) is 0.654. The topological polar surface area (TPSA) is 31.2 Å². The van der Waals surface area contributed by atoms with E-state index in [-0.39, 0.29) is 11.4 Å². The van der Waals surface area contributed by atoms with Crippen LogP contribution in [0, 0.1) is 15.3 Å². The molecule has 3 nitrogen and oxygen atoms in total. The fraction of sp³-hybridized carbons (Fsp3) is 0.312. The lowest BCUT2D eigenvalue weighted by Gasteiger charge is -2.11. The molecular formula is C16H15FINO2. The molecule has 5 heteroatoms. The zero-order valence-corrected chi connectivity index (χ0v) is 13.8. The normalized spacial score (nSPS) is 14.2. The average molecular weight is 399 g/mol. The Bertz CT molecular complexity index is 738.